The first kappa shape index (κ1) is 14.5. The van der Waals surface area contributed by atoms with Crippen LogP contribution in [0.25, 0.3) is 0 Å². The van der Waals surface area contributed by atoms with Crippen molar-refractivity contribution in [2.24, 2.45) is 0 Å². The highest BCUT2D eigenvalue weighted by Crippen LogP contribution is 2.20. The second-order valence-electron chi connectivity index (χ2n) is 5.66. The van der Waals surface area contributed by atoms with Crippen molar-refractivity contribution in [1.82, 2.24) is 16.0 Å². The quantitative estimate of drug-likeness (QED) is 0.764. The molecule has 1 saturated heterocycles. The molecule has 5 heteroatoms. The van der Waals surface area contributed by atoms with Crippen molar-refractivity contribution in [1.29, 1.82) is 0 Å². The number of ether oxygens (including phenoxy) is 1. The monoisotopic (exact) mass is 289 g/mol. The van der Waals surface area contributed by atoms with Crippen LogP contribution in [0.4, 0.5) is 0 Å². The first-order valence-electron chi connectivity index (χ1n) is 7.76. The summed E-state index contributed by atoms with van der Waals surface area (Å²) in [4.78, 5) is 12.1. The van der Waals surface area contributed by atoms with Crippen LogP contribution in [-0.4, -0.2) is 38.3 Å². The Morgan fingerprint density at radius 3 is 2.90 bits per heavy atom. The van der Waals surface area contributed by atoms with Crippen molar-refractivity contribution in [3.8, 4) is 0 Å². The minimum atomic E-state index is -0.0981. The van der Waals surface area contributed by atoms with Crippen LogP contribution in [0.2, 0.25) is 0 Å². The van der Waals surface area contributed by atoms with E-state index in [9.17, 15) is 4.79 Å². The van der Waals surface area contributed by atoms with E-state index < -0.39 is 0 Å². The van der Waals surface area contributed by atoms with Crippen LogP contribution in [0.3, 0.4) is 0 Å². The van der Waals surface area contributed by atoms with Gasteiger partial charge in [-0.15, -0.1) is 0 Å². The molecule has 1 unspecified atom stereocenters. The van der Waals surface area contributed by atoms with Crippen molar-refractivity contribution >= 4 is 5.91 Å². The average Bonchev–Trinajstić information content (AvgIpc) is 2.54. The van der Waals surface area contributed by atoms with Crippen LogP contribution in [0.15, 0.2) is 24.3 Å². The molecular formula is C16H23N3O2. The summed E-state index contributed by atoms with van der Waals surface area (Å²) in [5, 5.41) is 9.66. The Morgan fingerprint density at radius 2 is 2.05 bits per heavy atom. The minimum absolute atomic E-state index is 0.0530. The zero-order valence-electron chi connectivity index (χ0n) is 12.2. The SMILES string of the molecule is O=C(COC1CCNCC1)NC1NCCc2ccccc21. The normalized spacial score (nSPS) is 22.6. The van der Waals surface area contributed by atoms with E-state index in [1.807, 2.05) is 12.1 Å². The summed E-state index contributed by atoms with van der Waals surface area (Å²) in [6, 6.07) is 8.25. The Hall–Kier alpha value is -1.43. The van der Waals surface area contributed by atoms with Gasteiger partial charge in [-0.2, -0.15) is 0 Å². The molecule has 0 radical (unpaired) electrons. The summed E-state index contributed by atoms with van der Waals surface area (Å²) in [6.07, 6.45) is 3.09. The molecule has 21 heavy (non-hydrogen) atoms. The van der Waals surface area contributed by atoms with Gasteiger partial charge in [0.2, 0.25) is 5.91 Å². The lowest BCUT2D eigenvalue weighted by Gasteiger charge is -2.28. The van der Waals surface area contributed by atoms with E-state index in [1.54, 1.807) is 0 Å². The van der Waals surface area contributed by atoms with E-state index in [-0.39, 0.29) is 24.8 Å². The molecule has 0 aliphatic carbocycles. The van der Waals surface area contributed by atoms with Crippen LogP contribution < -0.4 is 16.0 Å². The molecule has 2 heterocycles. The molecule has 5 nitrogen and oxygen atoms in total. The molecule has 2 aliphatic heterocycles. The topological polar surface area (TPSA) is 62.4 Å². The van der Waals surface area contributed by atoms with Gasteiger partial charge in [0.05, 0.1) is 6.10 Å². The maximum absolute atomic E-state index is 12.1. The van der Waals surface area contributed by atoms with Crippen LogP contribution in [0.5, 0.6) is 0 Å². The first-order chi connectivity index (χ1) is 10.3. The predicted molar refractivity (Wildman–Crippen MR) is 80.9 cm³/mol. The number of carbonyl (C=O) groups excluding carboxylic acids is 1. The number of hydrogen-bond donors (Lipinski definition) is 3. The smallest absolute Gasteiger partial charge is 0.247 e. The summed E-state index contributed by atoms with van der Waals surface area (Å²) in [5.74, 6) is -0.0530. The molecule has 1 atom stereocenters. The van der Waals surface area contributed by atoms with Crippen molar-refractivity contribution in [3.63, 3.8) is 0 Å². The molecule has 114 valence electrons. The van der Waals surface area contributed by atoms with Crippen molar-refractivity contribution in [3.05, 3.63) is 35.4 Å². The summed E-state index contributed by atoms with van der Waals surface area (Å²) in [5.41, 5.74) is 2.47. The molecule has 1 fully saturated rings. The summed E-state index contributed by atoms with van der Waals surface area (Å²) < 4.78 is 5.69. The van der Waals surface area contributed by atoms with Gasteiger partial charge in [-0.1, -0.05) is 24.3 Å². The van der Waals surface area contributed by atoms with E-state index in [2.05, 4.69) is 28.1 Å². The highest BCUT2D eigenvalue weighted by Gasteiger charge is 2.21. The predicted octanol–water partition coefficient (Wildman–Crippen LogP) is 0.716. The molecule has 0 spiro atoms. The molecule has 1 aromatic rings. The van der Waals surface area contributed by atoms with Gasteiger partial charge in [0.1, 0.15) is 12.8 Å². The lowest BCUT2D eigenvalue weighted by molar-refractivity contribution is -0.129. The lowest BCUT2D eigenvalue weighted by Crippen LogP contribution is -2.44. The van der Waals surface area contributed by atoms with E-state index in [0.29, 0.717) is 0 Å². The van der Waals surface area contributed by atoms with Gasteiger partial charge in [0.15, 0.2) is 0 Å². The fourth-order valence-electron chi connectivity index (χ4n) is 2.99. The van der Waals surface area contributed by atoms with Gasteiger partial charge < -0.3 is 15.4 Å². The number of piperidine rings is 1. The van der Waals surface area contributed by atoms with E-state index in [0.717, 1.165) is 38.9 Å². The Morgan fingerprint density at radius 1 is 1.24 bits per heavy atom. The standard InChI is InChI=1S/C16H23N3O2/c20-15(11-21-13-6-8-17-9-7-13)19-16-14-4-2-1-3-12(14)5-10-18-16/h1-4,13,16-18H,5-11H2,(H,19,20). The zero-order chi connectivity index (χ0) is 14.5. The molecule has 0 bridgehead atoms. The highest BCUT2D eigenvalue weighted by molar-refractivity contribution is 5.77. The average molecular weight is 289 g/mol. The third-order valence-electron chi connectivity index (χ3n) is 4.15. The Labute approximate surface area is 125 Å². The Bertz CT molecular complexity index is 486. The van der Waals surface area contributed by atoms with E-state index in [1.165, 1.54) is 11.1 Å². The number of benzene rings is 1. The van der Waals surface area contributed by atoms with Gasteiger partial charge in [0, 0.05) is 6.54 Å². The van der Waals surface area contributed by atoms with Crippen LogP contribution in [-0.2, 0) is 16.0 Å². The number of fused-ring (bicyclic) bond motifs is 1. The Balaban J connectivity index is 1.51. The fraction of sp³-hybridized carbons (Fsp3) is 0.562. The van der Waals surface area contributed by atoms with E-state index in [4.69, 9.17) is 4.74 Å². The van der Waals surface area contributed by atoms with E-state index >= 15 is 0 Å². The summed E-state index contributed by atoms with van der Waals surface area (Å²) in [6.45, 7) is 2.98. The molecule has 0 aromatic heterocycles. The zero-order valence-corrected chi connectivity index (χ0v) is 12.2. The largest absolute Gasteiger partial charge is 0.368 e. The molecule has 1 amide bonds. The Kier molecular flexibility index (Phi) is 4.85. The third-order valence-corrected chi connectivity index (χ3v) is 4.15. The van der Waals surface area contributed by atoms with Gasteiger partial charge in [0.25, 0.3) is 0 Å². The molecule has 2 aliphatic rings. The van der Waals surface area contributed by atoms with Gasteiger partial charge in [-0.3, -0.25) is 10.1 Å². The minimum Gasteiger partial charge on any atom is -0.368 e. The highest BCUT2D eigenvalue weighted by atomic mass is 16.5. The molecule has 1 aromatic carbocycles. The summed E-state index contributed by atoms with van der Waals surface area (Å²) in [7, 11) is 0. The van der Waals surface area contributed by atoms with Crippen LogP contribution >= 0.6 is 0 Å². The van der Waals surface area contributed by atoms with Gasteiger partial charge >= 0.3 is 0 Å². The van der Waals surface area contributed by atoms with Crippen molar-refractivity contribution in [2.75, 3.05) is 26.2 Å². The number of carbonyl (C=O) groups is 1. The second kappa shape index (κ2) is 7.02. The van der Waals surface area contributed by atoms with Gasteiger partial charge in [-0.25, -0.2) is 0 Å². The lowest BCUT2D eigenvalue weighted by atomic mass is 9.98. The number of nitrogens with one attached hydrogen (secondary N) is 3. The number of hydrogen-bond acceptors (Lipinski definition) is 4. The van der Waals surface area contributed by atoms with Gasteiger partial charge in [-0.05, 0) is 43.5 Å². The maximum Gasteiger partial charge on any atom is 0.247 e. The van der Waals surface area contributed by atoms with Crippen molar-refractivity contribution in [2.45, 2.75) is 31.5 Å². The molecule has 3 N–H and O–H groups in total. The van der Waals surface area contributed by atoms with Crippen molar-refractivity contribution < 1.29 is 9.53 Å². The van der Waals surface area contributed by atoms with Crippen LogP contribution in [0.1, 0.15) is 30.1 Å². The second-order valence-corrected chi connectivity index (χ2v) is 5.66. The molecule has 3 rings (SSSR count). The summed E-state index contributed by atoms with van der Waals surface area (Å²) >= 11 is 0. The fourth-order valence-corrected chi connectivity index (χ4v) is 2.99. The van der Waals surface area contributed by atoms with Crippen LogP contribution in [0, 0.1) is 0 Å². The maximum atomic E-state index is 12.1. The third kappa shape index (κ3) is 3.81. The molecule has 0 saturated carbocycles. The molecular weight excluding hydrogens is 266 g/mol. The first-order valence-corrected chi connectivity index (χ1v) is 7.76. The number of rotatable bonds is 4. The number of amides is 1.